The van der Waals surface area contributed by atoms with Crippen molar-refractivity contribution in [3.05, 3.63) is 27.9 Å². The Hall–Kier alpha value is -2.22. The second kappa shape index (κ2) is 5.19. The summed E-state index contributed by atoms with van der Waals surface area (Å²) in [5.74, 6) is 5.12. The first-order valence-corrected chi connectivity index (χ1v) is 5.93. The summed E-state index contributed by atoms with van der Waals surface area (Å²) in [6.45, 7) is 3.36. The summed E-state index contributed by atoms with van der Waals surface area (Å²) >= 11 is 0. The molecule has 1 aromatic heterocycles. The molecule has 1 amide bonds. The van der Waals surface area contributed by atoms with Gasteiger partial charge >= 0.3 is 5.82 Å². The molecule has 0 aromatic carbocycles. The maximum atomic E-state index is 12.3. The van der Waals surface area contributed by atoms with Crippen molar-refractivity contribution in [2.75, 3.05) is 18.5 Å². The molecule has 0 spiro atoms. The summed E-state index contributed by atoms with van der Waals surface area (Å²) in [6, 6.07) is 1.15. The van der Waals surface area contributed by atoms with Crippen molar-refractivity contribution in [2.45, 2.75) is 13.3 Å². The first kappa shape index (κ1) is 13.2. The third kappa shape index (κ3) is 2.63. The predicted molar refractivity (Wildman–Crippen MR) is 68.4 cm³/mol. The Labute approximate surface area is 109 Å². The van der Waals surface area contributed by atoms with Crippen LogP contribution in [0.15, 0.2) is 12.3 Å². The minimum atomic E-state index is -0.635. The van der Waals surface area contributed by atoms with E-state index in [0.29, 0.717) is 19.0 Å². The van der Waals surface area contributed by atoms with Gasteiger partial charge in [-0.1, -0.05) is 6.92 Å². The molecule has 1 saturated heterocycles. The fourth-order valence-electron chi connectivity index (χ4n) is 2.13. The van der Waals surface area contributed by atoms with Crippen molar-refractivity contribution in [3.63, 3.8) is 0 Å². The Bertz CT molecular complexity index is 519. The zero-order valence-electron chi connectivity index (χ0n) is 10.5. The summed E-state index contributed by atoms with van der Waals surface area (Å²) in [5.41, 5.74) is 2.81. The van der Waals surface area contributed by atoms with Gasteiger partial charge in [0.05, 0.1) is 11.6 Å². The first-order valence-electron chi connectivity index (χ1n) is 5.93. The van der Waals surface area contributed by atoms with Gasteiger partial charge in [-0.2, -0.15) is 0 Å². The van der Waals surface area contributed by atoms with Gasteiger partial charge in [-0.05, 0) is 22.2 Å². The highest BCUT2D eigenvalue weighted by Gasteiger charge is 2.27. The zero-order chi connectivity index (χ0) is 14.0. The monoisotopic (exact) mass is 265 g/mol. The number of carbonyl (C=O) groups excluding carboxylic acids is 1. The van der Waals surface area contributed by atoms with Crippen LogP contribution in [-0.2, 0) is 0 Å². The highest BCUT2D eigenvalue weighted by molar-refractivity contribution is 6.00. The molecule has 1 atom stereocenters. The lowest BCUT2D eigenvalue weighted by Crippen LogP contribution is -2.29. The van der Waals surface area contributed by atoms with Crippen molar-refractivity contribution in [1.29, 1.82) is 0 Å². The predicted octanol–water partition coefficient (Wildman–Crippen LogP) is 0.757. The zero-order valence-corrected chi connectivity index (χ0v) is 10.5. The normalized spacial score (nSPS) is 18.4. The van der Waals surface area contributed by atoms with Crippen molar-refractivity contribution >= 4 is 17.4 Å². The fourth-order valence-corrected chi connectivity index (χ4v) is 2.13. The molecule has 8 nitrogen and oxygen atoms in total. The number of anilines is 1. The smallest absolute Gasteiger partial charge is 0.358 e. The van der Waals surface area contributed by atoms with E-state index < -0.39 is 4.92 Å². The van der Waals surface area contributed by atoms with Gasteiger partial charge in [0.2, 0.25) is 0 Å². The Morgan fingerprint density at radius 3 is 2.95 bits per heavy atom. The van der Waals surface area contributed by atoms with E-state index in [1.165, 1.54) is 6.20 Å². The average molecular weight is 265 g/mol. The maximum Gasteiger partial charge on any atom is 0.364 e. The number of nitrogens with one attached hydrogen (secondary N) is 1. The highest BCUT2D eigenvalue weighted by atomic mass is 16.6. The Kier molecular flexibility index (Phi) is 3.61. The van der Waals surface area contributed by atoms with E-state index in [9.17, 15) is 14.9 Å². The van der Waals surface area contributed by atoms with E-state index in [0.717, 1.165) is 12.5 Å². The summed E-state index contributed by atoms with van der Waals surface area (Å²) in [7, 11) is 0. The minimum absolute atomic E-state index is 0.179. The molecule has 0 radical (unpaired) electrons. The molecule has 0 saturated carbocycles. The number of rotatable bonds is 3. The van der Waals surface area contributed by atoms with Gasteiger partial charge in [-0.3, -0.25) is 10.6 Å². The molecule has 2 heterocycles. The number of amides is 1. The molecular weight excluding hydrogens is 250 g/mol. The molecule has 1 unspecified atom stereocenters. The number of pyridine rings is 1. The van der Waals surface area contributed by atoms with E-state index in [1.807, 2.05) is 0 Å². The number of hydrogen-bond donors (Lipinski definition) is 2. The number of nitro groups is 1. The van der Waals surface area contributed by atoms with Gasteiger partial charge < -0.3 is 20.4 Å². The second-order valence-electron chi connectivity index (χ2n) is 4.63. The van der Waals surface area contributed by atoms with Gasteiger partial charge in [0, 0.05) is 13.1 Å². The van der Waals surface area contributed by atoms with Crippen LogP contribution in [-0.4, -0.2) is 33.8 Å². The van der Waals surface area contributed by atoms with Crippen LogP contribution in [0.25, 0.3) is 0 Å². The number of hydrazine groups is 1. The molecule has 3 N–H and O–H groups in total. The third-order valence-corrected chi connectivity index (χ3v) is 3.17. The lowest BCUT2D eigenvalue weighted by atomic mass is 10.1. The lowest BCUT2D eigenvalue weighted by Gasteiger charge is -2.17. The standard InChI is InChI=1S/C11H15N5O3/c1-7-2-3-15(6-7)11(17)8-4-10(16(18)19)13-5-9(8)14-12/h4-5,7,14H,2-3,6,12H2,1H3. The topological polar surface area (TPSA) is 114 Å². The van der Waals surface area contributed by atoms with E-state index in [1.54, 1.807) is 4.90 Å². The van der Waals surface area contributed by atoms with Crippen LogP contribution >= 0.6 is 0 Å². The van der Waals surface area contributed by atoms with Crippen LogP contribution < -0.4 is 11.3 Å². The molecule has 1 fully saturated rings. The number of carbonyl (C=O) groups is 1. The SMILES string of the molecule is CC1CCN(C(=O)c2cc([N+](=O)[O-])ncc2NN)C1. The largest absolute Gasteiger partial charge is 0.364 e. The number of hydrogen-bond acceptors (Lipinski definition) is 6. The number of aromatic nitrogens is 1. The molecule has 0 bridgehead atoms. The molecule has 1 aliphatic rings. The van der Waals surface area contributed by atoms with Crippen molar-refractivity contribution in [1.82, 2.24) is 9.88 Å². The molecular formula is C11H15N5O3. The third-order valence-electron chi connectivity index (χ3n) is 3.17. The van der Waals surface area contributed by atoms with Crippen LogP contribution in [0.3, 0.4) is 0 Å². The Balaban J connectivity index is 2.33. The maximum absolute atomic E-state index is 12.3. The fraction of sp³-hybridized carbons (Fsp3) is 0.455. The van der Waals surface area contributed by atoms with E-state index >= 15 is 0 Å². The molecule has 8 heteroatoms. The van der Waals surface area contributed by atoms with E-state index in [-0.39, 0.29) is 23.0 Å². The number of nitrogens with zero attached hydrogens (tertiary/aromatic N) is 3. The molecule has 1 aliphatic heterocycles. The minimum Gasteiger partial charge on any atom is -0.358 e. The quantitative estimate of drug-likeness (QED) is 0.473. The van der Waals surface area contributed by atoms with Gasteiger partial charge in [-0.25, -0.2) is 0 Å². The number of nitrogen functional groups attached to an aromatic ring is 1. The summed E-state index contributed by atoms with van der Waals surface area (Å²) < 4.78 is 0. The van der Waals surface area contributed by atoms with Crippen LogP contribution in [0.2, 0.25) is 0 Å². The lowest BCUT2D eigenvalue weighted by molar-refractivity contribution is -0.389. The first-order chi connectivity index (χ1) is 9.02. The van der Waals surface area contributed by atoms with Gasteiger partial charge in [0.15, 0.2) is 6.20 Å². The van der Waals surface area contributed by atoms with Crippen LogP contribution in [0, 0.1) is 16.0 Å². The van der Waals surface area contributed by atoms with E-state index in [4.69, 9.17) is 5.84 Å². The summed E-state index contributed by atoms with van der Waals surface area (Å²) in [6.07, 6.45) is 2.13. The van der Waals surface area contributed by atoms with Gasteiger partial charge in [-0.15, -0.1) is 0 Å². The molecule has 1 aromatic rings. The van der Waals surface area contributed by atoms with Gasteiger partial charge in [0.1, 0.15) is 5.69 Å². The number of likely N-dealkylation sites (tertiary alicyclic amines) is 1. The molecule has 19 heavy (non-hydrogen) atoms. The Morgan fingerprint density at radius 1 is 1.68 bits per heavy atom. The molecule has 2 rings (SSSR count). The molecule has 102 valence electrons. The van der Waals surface area contributed by atoms with Crippen molar-refractivity contribution < 1.29 is 9.72 Å². The van der Waals surface area contributed by atoms with Crippen molar-refractivity contribution in [3.8, 4) is 0 Å². The molecule has 0 aliphatic carbocycles. The van der Waals surface area contributed by atoms with Crippen LogP contribution in [0.1, 0.15) is 23.7 Å². The van der Waals surface area contributed by atoms with Crippen LogP contribution in [0.5, 0.6) is 0 Å². The van der Waals surface area contributed by atoms with Crippen LogP contribution in [0.4, 0.5) is 11.5 Å². The second-order valence-corrected chi connectivity index (χ2v) is 4.63. The highest BCUT2D eigenvalue weighted by Crippen LogP contribution is 2.23. The Morgan fingerprint density at radius 2 is 2.42 bits per heavy atom. The van der Waals surface area contributed by atoms with Gasteiger partial charge in [0.25, 0.3) is 5.91 Å². The van der Waals surface area contributed by atoms with Crippen molar-refractivity contribution in [2.24, 2.45) is 11.8 Å². The summed E-state index contributed by atoms with van der Waals surface area (Å²) in [5, 5.41) is 10.7. The average Bonchev–Trinajstić information content (AvgIpc) is 2.83. The van der Waals surface area contributed by atoms with E-state index in [2.05, 4.69) is 17.3 Å². The number of nitrogens with two attached hydrogens (primary N) is 1. The summed E-state index contributed by atoms with van der Waals surface area (Å²) in [4.78, 5) is 27.7.